The third-order valence-corrected chi connectivity index (χ3v) is 3.89. The minimum Gasteiger partial charge on any atom is -0.439 e. The number of hydrogen-bond acceptors (Lipinski definition) is 5. The standard InChI is InChI=1S/C18H16F3N5O2/c1-12(26-11-22-10-25-26)16(27)24-9-13-4-3-7-23-17(13)28-15-6-2-5-14(8-15)18(19,20)21/h2-8,10-12H,9H2,1H3,(H,24,27)/t12-/m0/s1. The molecule has 0 saturated heterocycles. The minimum absolute atomic E-state index is 0.00270. The van der Waals surface area contributed by atoms with Crippen LogP contribution in [0, 0.1) is 0 Å². The smallest absolute Gasteiger partial charge is 0.416 e. The molecule has 2 heterocycles. The molecule has 1 aromatic carbocycles. The van der Waals surface area contributed by atoms with Crippen LogP contribution in [0.5, 0.6) is 11.6 Å². The minimum atomic E-state index is -4.47. The van der Waals surface area contributed by atoms with Gasteiger partial charge in [0, 0.05) is 18.3 Å². The normalized spacial score (nSPS) is 12.4. The van der Waals surface area contributed by atoms with Crippen LogP contribution in [-0.4, -0.2) is 25.7 Å². The Bertz CT molecular complexity index is 944. The van der Waals surface area contributed by atoms with Crippen molar-refractivity contribution >= 4 is 5.91 Å². The van der Waals surface area contributed by atoms with Crippen LogP contribution in [0.4, 0.5) is 13.2 Å². The Labute approximate surface area is 158 Å². The Morgan fingerprint density at radius 1 is 1.29 bits per heavy atom. The van der Waals surface area contributed by atoms with Gasteiger partial charge in [-0.3, -0.25) is 4.79 Å². The van der Waals surface area contributed by atoms with E-state index in [1.165, 1.54) is 35.7 Å². The summed E-state index contributed by atoms with van der Waals surface area (Å²) in [4.78, 5) is 20.1. The highest BCUT2D eigenvalue weighted by molar-refractivity contribution is 5.79. The van der Waals surface area contributed by atoms with Gasteiger partial charge in [0.1, 0.15) is 24.4 Å². The van der Waals surface area contributed by atoms with Gasteiger partial charge in [-0.2, -0.15) is 18.3 Å². The van der Waals surface area contributed by atoms with Crippen LogP contribution in [0.25, 0.3) is 0 Å². The van der Waals surface area contributed by atoms with Gasteiger partial charge in [0.2, 0.25) is 11.8 Å². The van der Waals surface area contributed by atoms with Crippen LogP contribution < -0.4 is 10.1 Å². The number of halogens is 3. The maximum absolute atomic E-state index is 12.9. The topological polar surface area (TPSA) is 81.9 Å². The fourth-order valence-electron chi connectivity index (χ4n) is 2.37. The molecule has 146 valence electrons. The predicted molar refractivity (Wildman–Crippen MR) is 92.3 cm³/mol. The summed E-state index contributed by atoms with van der Waals surface area (Å²) in [5, 5.41) is 6.63. The largest absolute Gasteiger partial charge is 0.439 e. The lowest BCUT2D eigenvalue weighted by atomic mass is 10.2. The quantitative estimate of drug-likeness (QED) is 0.697. The van der Waals surface area contributed by atoms with E-state index in [0.29, 0.717) is 5.56 Å². The highest BCUT2D eigenvalue weighted by Gasteiger charge is 2.30. The maximum Gasteiger partial charge on any atom is 0.416 e. The van der Waals surface area contributed by atoms with Crippen molar-refractivity contribution in [2.45, 2.75) is 25.7 Å². The van der Waals surface area contributed by atoms with Gasteiger partial charge in [-0.05, 0) is 31.2 Å². The number of benzene rings is 1. The van der Waals surface area contributed by atoms with E-state index in [0.717, 1.165) is 12.1 Å². The van der Waals surface area contributed by atoms with Crippen molar-refractivity contribution in [1.29, 1.82) is 0 Å². The molecule has 0 radical (unpaired) electrons. The molecule has 7 nitrogen and oxygen atoms in total. The molecule has 3 aromatic rings. The molecule has 28 heavy (non-hydrogen) atoms. The zero-order chi connectivity index (χ0) is 20.1. The van der Waals surface area contributed by atoms with E-state index in [1.807, 2.05) is 0 Å². The van der Waals surface area contributed by atoms with E-state index in [2.05, 4.69) is 20.4 Å². The molecule has 10 heteroatoms. The highest BCUT2D eigenvalue weighted by Crippen LogP contribution is 2.32. The average molecular weight is 391 g/mol. The Kier molecular flexibility index (Phi) is 5.57. The molecule has 0 fully saturated rings. The van der Waals surface area contributed by atoms with Crippen molar-refractivity contribution < 1.29 is 22.7 Å². The molecule has 0 aliphatic heterocycles. The summed E-state index contributed by atoms with van der Waals surface area (Å²) in [7, 11) is 0. The van der Waals surface area contributed by atoms with E-state index < -0.39 is 17.8 Å². The summed E-state index contributed by atoms with van der Waals surface area (Å²) in [5.41, 5.74) is -0.309. The number of carbonyl (C=O) groups excluding carboxylic acids is 1. The van der Waals surface area contributed by atoms with Crippen molar-refractivity contribution in [3.05, 3.63) is 66.4 Å². The van der Waals surface area contributed by atoms with Crippen molar-refractivity contribution in [2.75, 3.05) is 0 Å². The van der Waals surface area contributed by atoms with E-state index in [-0.39, 0.29) is 24.1 Å². The highest BCUT2D eigenvalue weighted by atomic mass is 19.4. The molecule has 0 unspecified atom stereocenters. The van der Waals surface area contributed by atoms with Gasteiger partial charge in [-0.1, -0.05) is 12.1 Å². The third-order valence-electron chi connectivity index (χ3n) is 3.89. The lowest BCUT2D eigenvalue weighted by molar-refractivity contribution is -0.137. The Hall–Kier alpha value is -3.43. The first kappa shape index (κ1) is 19.3. The molecule has 1 amide bonds. The summed E-state index contributed by atoms with van der Waals surface area (Å²) < 4.78 is 45.5. The number of nitrogens with zero attached hydrogens (tertiary/aromatic N) is 4. The molecular formula is C18H16F3N5O2. The summed E-state index contributed by atoms with van der Waals surface area (Å²) >= 11 is 0. The molecule has 0 aliphatic rings. The van der Waals surface area contributed by atoms with Crippen molar-refractivity contribution in [2.24, 2.45) is 0 Å². The molecule has 0 aliphatic carbocycles. The van der Waals surface area contributed by atoms with Gasteiger partial charge in [0.25, 0.3) is 0 Å². The zero-order valence-corrected chi connectivity index (χ0v) is 14.7. The molecular weight excluding hydrogens is 375 g/mol. The third kappa shape index (κ3) is 4.64. The first-order valence-corrected chi connectivity index (χ1v) is 8.25. The second-order valence-corrected chi connectivity index (χ2v) is 5.86. The fraction of sp³-hybridized carbons (Fsp3) is 0.222. The predicted octanol–water partition coefficient (Wildman–Crippen LogP) is 3.36. The molecule has 0 bridgehead atoms. The molecule has 0 saturated carbocycles. The van der Waals surface area contributed by atoms with Gasteiger partial charge in [-0.15, -0.1) is 0 Å². The number of carbonyl (C=O) groups is 1. The summed E-state index contributed by atoms with van der Waals surface area (Å²) in [6, 6.07) is 7.23. The Balaban J connectivity index is 1.71. The number of nitrogens with one attached hydrogen (secondary N) is 1. The van der Waals surface area contributed by atoms with Crippen LogP contribution >= 0.6 is 0 Å². The van der Waals surface area contributed by atoms with Crippen LogP contribution in [0.3, 0.4) is 0 Å². The van der Waals surface area contributed by atoms with Gasteiger partial charge in [0.05, 0.1) is 5.56 Å². The maximum atomic E-state index is 12.9. The second-order valence-electron chi connectivity index (χ2n) is 5.86. The molecule has 1 N–H and O–H groups in total. The second kappa shape index (κ2) is 8.07. The summed E-state index contributed by atoms with van der Waals surface area (Å²) in [6.07, 6.45) is -0.271. The number of hydrogen-bond donors (Lipinski definition) is 1. The number of rotatable bonds is 6. The van der Waals surface area contributed by atoms with Crippen LogP contribution in [0.2, 0.25) is 0 Å². The first-order chi connectivity index (χ1) is 13.3. The summed E-state index contributed by atoms with van der Waals surface area (Å²) in [5.74, 6) is -0.202. The number of ether oxygens (including phenoxy) is 1. The van der Waals surface area contributed by atoms with Gasteiger partial charge in [-0.25, -0.2) is 14.6 Å². The average Bonchev–Trinajstić information content (AvgIpc) is 3.21. The van der Waals surface area contributed by atoms with E-state index in [4.69, 9.17) is 4.74 Å². The van der Waals surface area contributed by atoms with Gasteiger partial charge < -0.3 is 10.1 Å². The van der Waals surface area contributed by atoms with E-state index in [9.17, 15) is 18.0 Å². The van der Waals surface area contributed by atoms with E-state index in [1.54, 1.807) is 19.1 Å². The van der Waals surface area contributed by atoms with Crippen molar-refractivity contribution in [1.82, 2.24) is 25.1 Å². The van der Waals surface area contributed by atoms with Crippen molar-refractivity contribution in [3.8, 4) is 11.6 Å². The van der Waals surface area contributed by atoms with Crippen LogP contribution in [0.15, 0.2) is 55.2 Å². The zero-order valence-electron chi connectivity index (χ0n) is 14.7. The Morgan fingerprint density at radius 2 is 2.11 bits per heavy atom. The Morgan fingerprint density at radius 3 is 2.82 bits per heavy atom. The molecule has 3 rings (SSSR count). The molecule has 1 atom stereocenters. The fourth-order valence-corrected chi connectivity index (χ4v) is 2.37. The van der Waals surface area contributed by atoms with Gasteiger partial charge >= 0.3 is 6.18 Å². The molecule has 0 spiro atoms. The van der Waals surface area contributed by atoms with Crippen LogP contribution in [-0.2, 0) is 17.5 Å². The lowest BCUT2D eigenvalue weighted by Gasteiger charge is -2.14. The number of pyridine rings is 1. The van der Waals surface area contributed by atoms with Crippen LogP contribution in [0.1, 0.15) is 24.1 Å². The molecule has 2 aromatic heterocycles. The van der Waals surface area contributed by atoms with Crippen molar-refractivity contribution in [3.63, 3.8) is 0 Å². The summed E-state index contributed by atoms with van der Waals surface area (Å²) in [6.45, 7) is 1.74. The number of alkyl halides is 3. The monoisotopic (exact) mass is 391 g/mol. The van der Waals surface area contributed by atoms with Gasteiger partial charge in [0.15, 0.2) is 0 Å². The number of amides is 1. The lowest BCUT2D eigenvalue weighted by Crippen LogP contribution is -2.31. The van der Waals surface area contributed by atoms with E-state index >= 15 is 0 Å². The number of aromatic nitrogens is 4. The SMILES string of the molecule is C[C@@H](C(=O)NCc1cccnc1Oc1cccc(C(F)(F)F)c1)n1cncn1. The first-order valence-electron chi connectivity index (χ1n) is 8.25.